The summed E-state index contributed by atoms with van der Waals surface area (Å²) in [6.07, 6.45) is 0. The van der Waals surface area contributed by atoms with Crippen LogP contribution in [0.3, 0.4) is 0 Å². The third kappa shape index (κ3) is 2.97. The summed E-state index contributed by atoms with van der Waals surface area (Å²) in [5.41, 5.74) is 0.680. The monoisotopic (exact) mass is 222 g/mol. The summed E-state index contributed by atoms with van der Waals surface area (Å²) >= 11 is 0. The van der Waals surface area contributed by atoms with Crippen molar-refractivity contribution in [2.45, 2.75) is 6.92 Å². The molecule has 1 rings (SSSR count). The second-order valence-electron chi connectivity index (χ2n) is 2.64. The van der Waals surface area contributed by atoms with E-state index in [2.05, 4.69) is 0 Å². The fourth-order valence-electron chi connectivity index (χ4n) is 1.04. The number of aryl methyl sites for hydroxylation is 1. The molecule has 0 fully saturated rings. The Balaban J connectivity index is 0.00000169. The molecular formula is C9H10CaO4. The van der Waals surface area contributed by atoms with Gasteiger partial charge in [-0.1, -0.05) is 0 Å². The minimum absolute atomic E-state index is 0. The van der Waals surface area contributed by atoms with Crippen LogP contribution in [0.5, 0.6) is 0 Å². The fraction of sp³-hybridized carbons (Fsp3) is 0.111. The van der Waals surface area contributed by atoms with E-state index in [1.165, 1.54) is 18.2 Å². The van der Waals surface area contributed by atoms with Crippen molar-refractivity contribution in [3.05, 3.63) is 34.9 Å². The van der Waals surface area contributed by atoms with Gasteiger partial charge in [0.25, 0.3) is 0 Å². The third-order valence-corrected chi connectivity index (χ3v) is 1.70. The van der Waals surface area contributed by atoms with Gasteiger partial charge < -0.3 is 10.2 Å². The van der Waals surface area contributed by atoms with E-state index in [1.54, 1.807) is 6.92 Å². The van der Waals surface area contributed by atoms with E-state index in [0.29, 0.717) is 5.56 Å². The molecule has 1 aromatic carbocycles. The van der Waals surface area contributed by atoms with Gasteiger partial charge in [0.1, 0.15) is 0 Å². The van der Waals surface area contributed by atoms with E-state index in [-0.39, 0.29) is 48.9 Å². The molecule has 0 heterocycles. The Kier molecular flexibility index (Phi) is 5.12. The SMILES string of the molecule is Cc1cc(C(=O)O)ccc1C(=O)O.[CaH2]. The Bertz CT molecular complexity index is 373. The van der Waals surface area contributed by atoms with Crippen molar-refractivity contribution in [2.75, 3.05) is 0 Å². The van der Waals surface area contributed by atoms with Gasteiger partial charge in [-0.05, 0) is 30.7 Å². The van der Waals surface area contributed by atoms with Gasteiger partial charge in [-0.3, -0.25) is 0 Å². The Morgan fingerprint density at radius 2 is 1.71 bits per heavy atom. The van der Waals surface area contributed by atoms with E-state index >= 15 is 0 Å². The van der Waals surface area contributed by atoms with Crippen LogP contribution in [-0.2, 0) is 0 Å². The van der Waals surface area contributed by atoms with Crippen molar-refractivity contribution in [3.63, 3.8) is 0 Å². The van der Waals surface area contributed by atoms with Crippen molar-refractivity contribution in [3.8, 4) is 0 Å². The summed E-state index contributed by atoms with van der Waals surface area (Å²) < 4.78 is 0. The first-order chi connectivity index (χ1) is 6.02. The number of carbonyl (C=O) groups is 2. The molecule has 0 radical (unpaired) electrons. The molecule has 0 amide bonds. The van der Waals surface area contributed by atoms with Gasteiger partial charge in [0.2, 0.25) is 0 Å². The van der Waals surface area contributed by atoms with Crippen LogP contribution in [0.2, 0.25) is 0 Å². The summed E-state index contributed by atoms with van der Waals surface area (Å²) in [5.74, 6) is -2.10. The van der Waals surface area contributed by atoms with Crippen LogP contribution in [0.15, 0.2) is 18.2 Å². The van der Waals surface area contributed by atoms with Gasteiger partial charge in [0.05, 0.1) is 11.1 Å². The average Bonchev–Trinajstić information content (AvgIpc) is 2.03. The van der Waals surface area contributed by atoms with Crippen LogP contribution in [0.25, 0.3) is 0 Å². The van der Waals surface area contributed by atoms with Crippen LogP contribution in [-0.4, -0.2) is 59.9 Å². The molecule has 4 nitrogen and oxygen atoms in total. The molecule has 0 bridgehead atoms. The van der Waals surface area contributed by atoms with E-state index < -0.39 is 11.9 Å². The average molecular weight is 222 g/mol. The molecule has 2 N–H and O–H groups in total. The first kappa shape index (κ1) is 13.4. The molecule has 0 spiro atoms. The van der Waals surface area contributed by atoms with Crippen LogP contribution in [0, 0.1) is 6.92 Å². The molecule has 0 aliphatic carbocycles. The van der Waals surface area contributed by atoms with E-state index in [1.807, 2.05) is 0 Å². The Labute approximate surface area is 111 Å². The van der Waals surface area contributed by atoms with Crippen molar-refractivity contribution in [1.82, 2.24) is 0 Å². The number of carboxylic acid groups (broad SMARTS) is 2. The molecule has 14 heavy (non-hydrogen) atoms. The third-order valence-electron chi connectivity index (χ3n) is 1.70. The van der Waals surface area contributed by atoms with E-state index in [9.17, 15) is 9.59 Å². The van der Waals surface area contributed by atoms with Gasteiger partial charge in [0, 0.05) is 0 Å². The minimum atomic E-state index is -1.06. The normalized spacial score (nSPS) is 8.93. The second-order valence-corrected chi connectivity index (χ2v) is 2.64. The summed E-state index contributed by atoms with van der Waals surface area (Å²) in [7, 11) is 0. The van der Waals surface area contributed by atoms with Crippen LogP contribution in [0.1, 0.15) is 26.3 Å². The first-order valence-electron chi connectivity index (χ1n) is 3.59. The van der Waals surface area contributed by atoms with Crippen LogP contribution in [0.4, 0.5) is 0 Å². The Morgan fingerprint density at radius 1 is 1.14 bits per heavy atom. The van der Waals surface area contributed by atoms with E-state index in [0.717, 1.165) is 0 Å². The predicted octanol–water partition coefficient (Wildman–Crippen LogP) is 0.475. The Morgan fingerprint density at radius 3 is 2.07 bits per heavy atom. The summed E-state index contributed by atoms with van der Waals surface area (Å²) in [6.45, 7) is 1.57. The van der Waals surface area contributed by atoms with Crippen LogP contribution < -0.4 is 0 Å². The molecule has 0 aliphatic heterocycles. The first-order valence-corrected chi connectivity index (χ1v) is 3.59. The number of rotatable bonds is 2. The number of aromatic carboxylic acids is 2. The molecule has 5 heteroatoms. The predicted molar refractivity (Wildman–Crippen MR) is 53.6 cm³/mol. The molecule has 0 aromatic heterocycles. The number of carboxylic acids is 2. The van der Waals surface area contributed by atoms with Crippen LogP contribution >= 0.6 is 0 Å². The van der Waals surface area contributed by atoms with Gasteiger partial charge in [-0.15, -0.1) is 0 Å². The molecule has 72 valence electrons. The van der Waals surface area contributed by atoms with Crippen molar-refractivity contribution < 1.29 is 19.8 Å². The number of hydrogen-bond acceptors (Lipinski definition) is 2. The maximum atomic E-state index is 10.6. The molecular weight excluding hydrogens is 212 g/mol. The van der Waals surface area contributed by atoms with Gasteiger partial charge in [-0.2, -0.15) is 0 Å². The second kappa shape index (κ2) is 5.34. The Hall–Kier alpha value is -0.580. The van der Waals surface area contributed by atoms with Gasteiger partial charge in [0.15, 0.2) is 0 Å². The van der Waals surface area contributed by atoms with Crippen molar-refractivity contribution >= 4 is 49.7 Å². The zero-order chi connectivity index (χ0) is 10.0. The van der Waals surface area contributed by atoms with Crippen molar-refractivity contribution in [1.29, 1.82) is 0 Å². The summed E-state index contributed by atoms with van der Waals surface area (Å²) in [5, 5.41) is 17.2. The van der Waals surface area contributed by atoms with Crippen molar-refractivity contribution in [2.24, 2.45) is 0 Å². The van der Waals surface area contributed by atoms with Gasteiger partial charge >= 0.3 is 49.7 Å². The molecule has 0 aliphatic rings. The number of benzene rings is 1. The molecule has 1 aromatic rings. The topological polar surface area (TPSA) is 74.6 Å². The summed E-state index contributed by atoms with van der Waals surface area (Å²) in [6, 6.07) is 3.91. The molecule has 0 unspecified atom stereocenters. The standard InChI is InChI=1S/C9H8O4.Ca.2H/c1-5-4-6(8(10)11)2-3-7(5)9(12)13;;;/h2-4H,1H3,(H,10,11)(H,12,13);;;. The fourth-order valence-corrected chi connectivity index (χ4v) is 1.04. The van der Waals surface area contributed by atoms with Gasteiger partial charge in [-0.25, -0.2) is 9.59 Å². The summed E-state index contributed by atoms with van der Waals surface area (Å²) in [4.78, 5) is 21.0. The zero-order valence-electron chi connectivity index (χ0n) is 6.94. The number of hydrogen-bond donors (Lipinski definition) is 2. The molecule has 0 atom stereocenters. The quantitative estimate of drug-likeness (QED) is 0.713. The maximum absolute atomic E-state index is 10.6. The molecule has 0 saturated heterocycles. The molecule has 0 saturated carbocycles. The van der Waals surface area contributed by atoms with E-state index in [4.69, 9.17) is 10.2 Å². The zero-order valence-corrected chi connectivity index (χ0v) is 6.94.